The van der Waals surface area contributed by atoms with Crippen LogP contribution in [0.2, 0.25) is 0 Å². The number of rotatable bonds is 1. The minimum atomic E-state index is 0.630. The van der Waals surface area contributed by atoms with Crippen LogP contribution in [0.15, 0.2) is 48.9 Å². The highest BCUT2D eigenvalue weighted by molar-refractivity contribution is 7.71. The first-order valence-corrected chi connectivity index (χ1v) is 5.65. The molecule has 0 saturated heterocycles. The number of benzene rings is 1. The average molecular weight is 239 g/mol. The molecule has 0 fully saturated rings. The number of hydrogen-bond donors (Lipinski definition) is 1. The van der Waals surface area contributed by atoms with Gasteiger partial charge in [-0.15, -0.1) is 0 Å². The SMILES string of the molecule is S=c1[nH]ccnc1-c1cccc2cccnc12. The van der Waals surface area contributed by atoms with Crippen LogP contribution < -0.4 is 0 Å². The summed E-state index contributed by atoms with van der Waals surface area (Å²) in [6.45, 7) is 0. The second-order valence-corrected chi connectivity index (χ2v) is 4.06. The van der Waals surface area contributed by atoms with Gasteiger partial charge in [-0.25, -0.2) is 0 Å². The van der Waals surface area contributed by atoms with E-state index in [0.717, 1.165) is 22.2 Å². The lowest BCUT2D eigenvalue weighted by Crippen LogP contribution is -1.89. The Bertz CT molecular complexity index is 728. The highest BCUT2D eigenvalue weighted by Gasteiger charge is 2.06. The van der Waals surface area contributed by atoms with E-state index in [1.54, 1.807) is 18.6 Å². The number of hydrogen-bond acceptors (Lipinski definition) is 3. The van der Waals surface area contributed by atoms with Gasteiger partial charge in [-0.3, -0.25) is 9.97 Å². The minimum Gasteiger partial charge on any atom is -0.350 e. The van der Waals surface area contributed by atoms with Crippen molar-refractivity contribution in [2.75, 3.05) is 0 Å². The Balaban J connectivity index is 2.39. The van der Waals surface area contributed by atoms with Crippen molar-refractivity contribution >= 4 is 23.1 Å². The Kier molecular flexibility index (Phi) is 2.42. The van der Waals surface area contributed by atoms with Crippen LogP contribution in [0, 0.1) is 4.64 Å². The summed E-state index contributed by atoms with van der Waals surface area (Å²) in [5.74, 6) is 0. The monoisotopic (exact) mass is 239 g/mol. The van der Waals surface area contributed by atoms with E-state index in [4.69, 9.17) is 12.2 Å². The molecule has 3 nitrogen and oxygen atoms in total. The molecule has 0 amide bonds. The Morgan fingerprint density at radius 1 is 1.00 bits per heavy atom. The zero-order valence-electron chi connectivity index (χ0n) is 8.92. The molecule has 0 bridgehead atoms. The summed E-state index contributed by atoms with van der Waals surface area (Å²) in [6, 6.07) is 9.96. The van der Waals surface area contributed by atoms with E-state index in [9.17, 15) is 0 Å². The lowest BCUT2D eigenvalue weighted by atomic mass is 10.1. The van der Waals surface area contributed by atoms with Crippen molar-refractivity contribution in [1.29, 1.82) is 0 Å². The summed E-state index contributed by atoms with van der Waals surface area (Å²) in [5.41, 5.74) is 2.66. The molecule has 0 spiro atoms. The molecule has 0 saturated carbocycles. The van der Waals surface area contributed by atoms with E-state index in [2.05, 4.69) is 15.0 Å². The van der Waals surface area contributed by atoms with Crippen molar-refractivity contribution in [3.63, 3.8) is 0 Å². The summed E-state index contributed by atoms with van der Waals surface area (Å²) >= 11 is 5.25. The summed E-state index contributed by atoms with van der Waals surface area (Å²) in [7, 11) is 0. The maximum Gasteiger partial charge on any atom is 0.129 e. The van der Waals surface area contributed by atoms with Crippen LogP contribution in [-0.4, -0.2) is 15.0 Å². The number of fused-ring (bicyclic) bond motifs is 1. The smallest absolute Gasteiger partial charge is 0.129 e. The highest BCUT2D eigenvalue weighted by Crippen LogP contribution is 2.25. The van der Waals surface area contributed by atoms with Gasteiger partial charge in [0.05, 0.1) is 5.52 Å². The number of H-pyrrole nitrogens is 1. The number of para-hydroxylation sites is 1. The predicted molar refractivity (Wildman–Crippen MR) is 70.2 cm³/mol. The number of aromatic amines is 1. The summed E-state index contributed by atoms with van der Waals surface area (Å²) in [4.78, 5) is 11.7. The summed E-state index contributed by atoms with van der Waals surface area (Å²) < 4.78 is 0.630. The Labute approximate surface area is 103 Å². The van der Waals surface area contributed by atoms with E-state index in [1.165, 1.54) is 0 Å². The molecular formula is C13H9N3S. The molecule has 3 aromatic rings. The molecule has 2 aromatic heterocycles. The first-order chi connectivity index (χ1) is 8.36. The van der Waals surface area contributed by atoms with Crippen molar-refractivity contribution < 1.29 is 0 Å². The molecule has 0 atom stereocenters. The van der Waals surface area contributed by atoms with Crippen molar-refractivity contribution in [3.05, 3.63) is 53.6 Å². The normalized spacial score (nSPS) is 10.6. The van der Waals surface area contributed by atoms with Crippen LogP contribution in [0.3, 0.4) is 0 Å². The molecule has 2 heterocycles. The fraction of sp³-hybridized carbons (Fsp3) is 0. The molecule has 4 heteroatoms. The van der Waals surface area contributed by atoms with Gasteiger partial charge in [-0.1, -0.05) is 36.5 Å². The van der Waals surface area contributed by atoms with Gasteiger partial charge >= 0.3 is 0 Å². The van der Waals surface area contributed by atoms with Gasteiger partial charge in [0, 0.05) is 29.5 Å². The second-order valence-electron chi connectivity index (χ2n) is 3.65. The quantitative estimate of drug-likeness (QED) is 0.662. The lowest BCUT2D eigenvalue weighted by Gasteiger charge is -2.04. The van der Waals surface area contributed by atoms with E-state index < -0.39 is 0 Å². The molecule has 0 aliphatic carbocycles. The number of pyridine rings is 1. The van der Waals surface area contributed by atoms with Crippen LogP contribution in [-0.2, 0) is 0 Å². The van der Waals surface area contributed by atoms with Crippen molar-refractivity contribution in [2.45, 2.75) is 0 Å². The number of aromatic nitrogens is 3. The third-order valence-corrected chi connectivity index (χ3v) is 2.91. The topological polar surface area (TPSA) is 41.6 Å². The second kappa shape index (κ2) is 4.07. The molecule has 1 N–H and O–H groups in total. The lowest BCUT2D eigenvalue weighted by molar-refractivity contribution is 1.19. The van der Waals surface area contributed by atoms with Gasteiger partial charge < -0.3 is 4.98 Å². The van der Waals surface area contributed by atoms with Crippen LogP contribution >= 0.6 is 12.2 Å². The van der Waals surface area contributed by atoms with Crippen LogP contribution in [0.1, 0.15) is 0 Å². The van der Waals surface area contributed by atoms with Gasteiger partial charge in [0.1, 0.15) is 10.3 Å². The fourth-order valence-corrected chi connectivity index (χ4v) is 2.07. The predicted octanol–water partition coefficient (Wildman–Crippen LogP) is 3.35. The Hall–Kier alpha value is -2.07. The molecular weight excluding hydrogens is 230 g/mol. The molecule has 0 aliphatic heterocycles. The van der Waals surface area contributed by atoms with E-state index >= 15 is 0 Å². The molecule has 82 valence electrons. The average Bonchev–Trinajstić information content (AvgIpc) is 2.39. The third-order valence-electron chi connectivity index (χ3n) is 2.60. The van der Waals surface area contributed by atoms with Gasteiger partial charge in [0.2, 0.25) is 0 Å². The molecule has 0 radical (unpaired) electrons. The van der Waals surface area contributed by atoms with Crippen LogP contribution in [0.4, 0.5) is 0 Å². The minimum absolute atomic E-state index is 0.630. The van der Waals surface area contributed by atoms with Crippen LogP contribution in [0.5, 0.6) is 0 Å². The van der Waals surface area contributed by atoms with Gasteiger partial charge in [-0.2, -0.15) is 0 Å². The van der Waals surface area contributed by atoms with E-state index in [1.807, 2.05) is 30.3 Å². The van der Waals surface area contributed by atoms with Gasteiger partial charge in [0.25, 0.3) is 0 Å². The third kappa shape index (κ3) is 1.72. The Morgan fingerprint density at radius 2 is 1.88 bits per heavy atom. The van der Waals surface area contributed by atoms with Crippen LogP contribution in [0.25, 0.3) is 22.2 Å². The standard InChI is InChI=1S/C13H9N3S/c17-13-12(15-7-8-16-13)10-5-1-3-9-4-2-6-14-11(9)10/h1-8H,(H,16,17). The molecule has 1 aromatic carbocycles. The molecule has 0 aliphatic rings. The largest absolute Gasteiger partial charge is 0.350 e. The number of nitrogens with one attached hydrogen (secondary N) is 1. The maximum atomic E-state index is 5.25. The van der Waals surface area contributed by atoms with Crippen molar-refractivity contribution in [2.24, 2.45) is 0 Å². The van der Waals surface area contributed by atoms with E-state index in [0.29, 0.717) is 4.64 Å². The zero-order chi connectivity index (χ0) is 11.7. The number of nitrogens with zero attached hydrogens (tertiary/aromatic N) is 2. The Morgan fingerprint density at radius 3 is 2.76 bits per heavy atom. The van der Waals surface area contributed by atoms with Crippen molar-refractivity contribution in [1.82, 2.24) is 15.0 Å². The first kappa shape index (κ1) is 10.1. The highest BCUT2D eigenvalue weighted by atomic mass is 32.1. The zero-order valence-corrected chi connectivity index (χ0v) is 9.74. The molecule has 0 unspecified atom stereocenters. The molecule has 17 heavy (non-hydrogen) atoms. The fourth-order valence-electron chi connectivity index (χ4n) is 1.84. The summed E-state index contributed by atoms with van der Waals surface area (Å²) in [5, 5.41) is 1.09. The van der Waals surface area contributed by atoms with Gasteiger partial charge in [0.15, 0.2) is 0 Å². The maximum absolute atomic E-state index is 5.25. The first-order valence-electron chi connectivity index (χ1n) is 5.24. The van der Waals surface area contributed by atoms with E-state index in [-0.39, 0.29) is 0 Å². The molecule has 3 rings (SSSR count). The van der Waals surface area contributed by atoms with Crippen molar-refractivity contribution in [3.8, 4) is 11.3 Å². The summed E-state index contributed by atoms with van der Waals surface area (Å²) in [6.07, 6.45) is 5.21. The van der Waals surface area contributed by atoms with Gasteiger partial charge in [-0.05, 0) is 6.07 Å².